The summed E-state index contributed by atoms with van der Waals surface area (Å²) in [6.45, 7) is 5.46. The Labute approximate surface area is 159 Å². The van der Waals surface area contributed by atoms with Crippen LogP contribution in [0.1, 0.15) is 41.7 Å². The number of aromatic nitrogens is 4. The van der Waals surface area contributed by atoms with Crippen LogP contribution in [-0.2, 0) is 13.2 Å². The van der Waals surface area contributed by atoms with Gasteiger partial charge in [-0.05, 0) is 56.1 Å². The van der Waals surface area contributed by atoms with Crippen molar-refractivity contribution in [3.63, 3.8) is 0 Å². The van der Waals surface area contributed by atoms with Gasteiger partial charge in [-0.1, -0.05) is 18.2 Å². The van der Waals surface area contributed by atoms with Gasteiger partial charge in [0.25, 0.3) is 0 Å². The molecule has 0 radical (unpaired) electrons. The van der Waals surface area contributed by atoms with Gasteiger partial charge in [-0.3, -0.25) is 15.0 Å². The minimum absolute atomic E-state index is 0.410. The quantitative estimate of drug-likeness (QED) is 0.726. The van der Waals surface area contributed by atoms with Crippen molar-refractivity contribution in [3.05, 3.63) is 71.6 Å². The van der Waals surface area contributed by atoms with Gasteiger partial charge in [0, 0.05) is 25.2 Å². The first-order chi connectivity index (χ1) is 13.3. The van der Waals surface area contributed by atoms with Crippen molar-refractivity contribution in [1.29, 1.82) is 0 Å². The lowest BCUT2D eigenvalue weighted by Crippen LogP contribution is -2.34. The fourth-order valence-electron chi connectivity index (χ4n) is 3.59. The number of benzene rings is 1. The van der Waals surface area contributed by atoms with Crippen LogP contribution in [0.3, 0.4) is 0 Å². The summed E-state index contributed by atoms with van der Waals surface area (Å²) in [6.07, 6.45) is 4.12. The van der Waals surface area contributed by atoms with Crippen LogP contribution >= 0.6 is 0 Å². The van der Waals surface area contributed by atoms with Crippen molar-refractivity contribution in [2.24, 2.45) is 0 Å². The molecule has 1 saturated heterocycles. The van der Waals surface area contributed by atoms with E-state index in [1.807, 2.05) is 31.2 Å². The normalized spacial score (nSPS) is 17.7. The molecule has 0 bridgehead atoms. The molecule has 1 aromatic carbocycles. The monoisotopic (exact) mass is 363 g/mol. The van der Waals surface area contributed by atoms with Crippen molar-refractivity contribution >= 4 is 0 Å². The summed E-state index contributed by atoms with van der Waals surface area (Å²) in [5.41, 5.74) is 2.20. The van der Waals surface area contributed by atoms with Gasteiger partial charge in [-0.2, -0.15) is 5.10 Å². The molecule has 2 aromatic heterocycles. The number of aromatic amines is 1. The lowest BCUT2D eigenvalue weighted by Gasteiger charge is -2.31. The maximum Gasteiger partial charge on any atom is 0.155 e. The topological polar surface area (TPSA) is 66.9 Å². The third-order valence-corrected chi connectivity index (χ3v) is 4.90. The summed E-state index contributed by atoms with van der Waals surface area (Å²) < 4.78 is 5.91. The summed E-state index contributed by atoms with van der Waals surface area (Å²) in [4.78, 5) is 11.3. The molecule has 0 saturated carbocycles. The van der Waals surface area contributed by atoms with E-state index in [-0.39, 0.29) is 0 Å². The minimum Gasteiger partial charge on any atom is -0.487 e. The van der Waals surface area contributed by atoms with E-state index in [4.69, 9.17) is 4.74 Å². The average Bonchev–Trinajstić information content (AvgIpc) is 3.14. The number of ether oxygens (including phenoxy) is 1. The first-order valence-corrected chi connectivity index (χ1v) is 9.49. The van der Waals surface area contributed by atoms with E-state index in [2.05, 4.69) is 43.3 Å². The summed E-state index contributed by atoms with van der Waals surface area (Å²) in [5, 5.41) is 7.32. The number of nitrogens with zero attached hydrogens (tertiary/aromatic N) is 4. The van der Waals surface area contributed by atoms with Crippen LogP contribution in [0, 0.1) is 6.92 Å². The molecule has 6 heteroatoms. The second-order valence-corrected chi connectivity index (χ2v) is 7.11. The molecule has 140 valence electrons. The summed E-state index contributed by atoms with van der Waals surface area (Å²) in [5.74, 6) is 3.13. The average molecular weight is 363 g/mol. The number of H-pyrrole nitrogens is 1. The van der Waals surface area contributed by atoms with Crippen LogP contribution in [0.2, 0.25) is 0 Å². The molecule has 1 atom stereocenters. The van der Waals surface area contributed by atoms with Crippen molar-refractivity contribution in [3.8, 4) is 5.75 Å². The predicted octanol–water partition coefficient (Wildman–Crippen LogP) is 3.47. The van der Waals surface area contributed by atoms with Gasteiger partial charge in [0.2, 0.25) is 0 Å². The minimum atomic E-state index is 0.410. The highest BCUT2D eigenvalue weighted by Crippen LogP contribution is 2.26. The highest BCUT2D eigenvalue weighted by molar-refractivity contribution is 5.28. The number of aryl methyl sites for hydroxylation is 1. The molecule has 0 aliphatic carbocycles. The van der Waals surface area contributed by atoms with Crippen LogP contribution < -0.4 is 4.74 Å². The highest BCUT2D eigenvalue weighted by Gasteiger charge is 2.24. The zero-order chi connectivity index (χ0) is 18.5. The van der Waals surface area contributed by atoms with Gasteiger partial charge in [-0.15, -0.1) is 0 Å². The first kappa shape index (κ1) is 17.7. The highest BCUT2D eigenvalue weighted by atomic mass is 16.5. The Morgan fingerprint density at radius 1 is 1.22 bits per heavy atom. The Bertz CT molecular complexity index is 864. The second-order valence-electron chi connectivity index (χ2n) is 7.11. The Balaban J connectivity index is 1.36. The van der Waals surface area contributed by atoms with E-state index in [1.54, 1.807) is 6.20 Å². The molecule has 3 heterocycles. The number of piperidine rings is 1. The number of nitrogens with one attached hydrogen (secondary N) is 1. The molecular weight excluding hydrogens is 338 g/mol. The summed E-state index contributed by atoms with van der Waals surface area (Å²) in [7, 11) is 0. The van der Waals surface area contributed by atoms with Gasteiger partial charge >= 0.3 is 0 Å². The fraction of sp³-hybridized carbons (Fsp3) is 0.381. The summed E-state index contributed by atoms with van der Waals surface area (Å²) >= 11 is 0. The molecule has 1 fully saturated rings. The lowest BCUT2D eigenvalue weighted by atomic mass is 9.97. The van der Waals surface area contributed by atoms with E-state index in [0.29, 0.717) is 12.5 Å². The smallest absolute Gasteiger partial charge is 0.155 e. The van der Waals surface area contributed by atoms with Gasteiger partial charge in [0.15, 0.2) is 5.82 Å². The maximum absolute atomic E-state index is 5.91. The van der Waals surface area contributed by atoms with E-state index in [1.165, 1.54) is 12.0 Å². The molecule has 0 spiro atoms. The Morgan fingerprint density at radius 3 is 3.00 bits per heavy atom. The predicted molar refractivity (Wildman–Crippen MR) is 103 cm³/mol. The number of hydrogen-bond acceptors (Lipinski definition) is 5. The van der Waals surface area contributed by atoms with Gasteiger partial charge in [0.1, 0.15) is 18.2 Å². The number of pyridine rings is 1. The lowest BCUT2D eigenvalue weighted by molar-refractivity contribution is 0.196. The van der Waals surface area contributed by atoms with Crippen molar-refractivity contribution in [2.45, 2.75) is 38.8 Å². The van der Waals surface area contributed by atoms with Crippen LogP contribution in [0.4, 0.5) is 0 Å². The van der Waals surface area contributed by atoms with Gasteiger partial charge < -0.3 is 4.74 Å². The molecule has 1 aliphatic heterocycles. The van der Waals surface area contributed by atoms with E-state index < -0.39 is 0 Å². The Morgan fingerprint density at radius 2 is 2.19 bits per heavy atom. The van der Waals surface area contributed by atoms with Crippen LogP contribution in [0.15, 0.2) is 48.7 Å². The van der Waals surface area contributed by atoms with Gasteiger partial charge in [-0.25, -0.2) is 4.98 Å². The van der Waals surface area contributed by atoms with Crippen molar-refractivity contribution < 1.29 is 4.74 Å². The third-order valence-electron chi connectivity index (χ3n) is 4.90. The number of hydrogen-bond donors (Lipinski definition) is 1. The van der Waals surface area contributed by atoms with Crippen LogP contribution in [0.5, 0.6) is 5.75 Å². The molecule has 27 heavy (non-hydrogen) atoms. The zero-order valence-corrected chi connectivity index (χ0v) is 15.6. The summed E-state index contributed by atoms with van der Waals surface area (Å²) in [6, 6.07) is 14.2. The fourth-order valence-corrected chi connectivity index (χ4v) is 3.59. The first-order valence-electron chi connectivity index (χ1n) is 9.49. The molecule has 1 N–H and O–H groups in total. The molecule has 3 aromatic rings. The number of rotatable bonds is 6. The maximum atomic E-state index is 5.91. The van der Waals surface area contributed by atoms with E-state index in [9.17, 15) is 0 Å². The van der Waals surface area contributed by atoms with Crippen LogP contribution in [0.25, 0.3) is 0 Å². The standard InChI is InChI=1S/C21H25N5O/c1-16-23-21(25-24-16)18-7-5-11-26(14-18)13-17-6-4-9-20(12-17)27-15-19-8-2-3-10-22-19/h2-4,6,8-10,12,18H,5,7,11,13-15H2,1H3,(H,23,24,25). The van der Waals surface area contributed by atoms with Crippen molar-refractivity contribution in [2.75, 3.05) is 13.1 Å². The molecular formula is C21H25N5O. The molecule has 6 nitrogen and oxygen atoms in total. The molecule has 0 amide bonds. The Kier molecular flexibility index (Phi) is 5.44. The van der Waals surface area contributed by atoms with E-state index >= 15 is 0 Å². The Hall–Kier alpha value is -2.73. The SMILES string of the molecule is Cc1nc(C2CCCN(Cc3cccc(OCc4ccccn4)c3)C2)n[nH]1. The molecule has 1 unspecified atom stereocenters. The molecule has 4 rings (SSSR count). The van der Waals surface area contributed by atoms with Gasteiger partial charge in [0.05, 0.1) is 5.69 Å². The third kappa shape index (κ3) is 4.71. The largest absolute Gasteiger partial charge is 0.487 e. The zero-order valence-electron chi connectivity index (χ0n) is 15.6. The molecule has 1 aliphatic rings. The second kappa shape index (κ2) is 8.31. The van der Waals surface area contributed by atoms with Crippen LogP contribution in [-0.4, -0.2) is 38.2 Å². The van der Waals surface area contributed by atoms with Crippen molar-refractivity contribution in [1.82, 2.24) is 25.1 Å². The number of likely N-dealkylation sites (tertiary alicyclic amines) is 1. The van der Waals surface area contributed by atoms with E-state index in [0.717, 1.165) is 49.1 Å².